The van der Waals surface area contributed by atoms with Crippen LogP contribution in [0.2, 0.25) is 0 Å². The number of aryl methyl sites for hydroxylation is 1. The number of carboxylic acids is 1. The van der Waals surface area contributed by atoms with Crippen LogP contribution in [0.4, 0.5) is 0 Å². The van der Waals surface area contributed by atoms with Crippen LogP contribution in [0.25, 0.3) is 10.9 Å². The summed E-state index contributed by atoms with van der Waals surface area (Å²) in [6.45, 7) is 5.92. The number of carboxylic acid groups (broad SMARTS) is 1. The molecular weight excluding hydrogens is 414 g/mol. The topological polar surface area (TPSA) is 68.8 Å². The van der Waals surface area contributed by atoms with E-state index in [2.05, 4.69) is 33.8 Å². The molecule has 1 unspecified atom stereocenters. The van der Waals surface area contributed by atoms with Crippen molar-refractivity contribution in [2.24, 2.45) is 0 Å². The largest absolute Gasteiger partial charge is 0.496 e. The van der Waals surface area contributed by atoms with Gasteiger partial charge in [-0.1, -0.05) is 25.0 Å². The van der Waals surface area contributed by atoms with Crippen LogP contribution in [0.3, 0.4) is 0 Å². The first-order valence-electron chi connectivity index (χ1n) is 12.0. The van der Waals surface area contributed by atoms with Gasteiger partial charge in [-0.25, -0.2) is 4.79 Å². The molecule has 2 aromatic carbocycles. The average molecular weight is 448 g/mol. The molecule has 1 aliphatic heterocycles. The van der Waals surface area contributed by atoms with Crippen LogP contribution in [0.1, 0.15) is 58.8 Å². The minimum atomic E-state index is -0.881. The van der Waals surface area contributed by atoms with Crippen molar-refractivity contribution in [2.75, 3.05) is 26.7 Å². The molecule has 6 nitrogen and oxygen atoms in total. The molecule has 1 aromatic heterocycles. The van der Waals surface area contributed by atoms with Gasteiger partial charge < -0.3 is 14.8 Å². The van der Waals surface area contributed by atoms with Crippen LogP contribution in [0.15, 0.2) is 42.6 Å². The van der Waals surface area contributed by atoms with E-state index in [4.69, 9.17) is 4.74 Å². The van der Waals surface area contributed by atoms with Crippen LogP contribution in [-0.2, 0) is 6.54 Å². The number of nitrogens with zero attached hydrogens (tertiary/aromatic N) is 2. The number of fused-ring (bicyclic) bond motifs is 1. The molecule has 0 radical (unpaired) electrons. The minimum absolute atomic E-state index is 0.210. The van der Waals surface area contributed by atoms with Gasteiger partial charge in [0.2, 0.25) is 0 Å². The van der Waals surface area contributed by atoms with Crippen LogP contribution >= 0.6 is 0 Å². The van der Waals surface area contributed by atoms with Gasteiger partial charge in [0, 0.05) is 60.9 Å². The summed E-state index contributed by atoms with van der Waals surface area (Å²) >= 11 is 0. The van der Waals surface area contributed by atoms with E-state index in [-0.39, 0.29) is 6.04 Å². The molecule has 33 heavy (non-hydrogen) atoms. The first-order chi connectivity index (χ1) is 16.0. The molecule has 5 rings (SSSR count). The first-order valence-corrected chi connectivity index (χ1v) is 12.0. The van der Waals surface area contributed by atoms with Gasteiger partial charge in [0.05, 0.1) is 12.7 Å². The van der Waals surface area contributed by atoms with Crippen molar-refractivity contribution in [3.63, 3.8) is 0 Å². The monoisotopic (exact) mass is 447 g/mol. The van der Waals surface area contributed by atoms with Crippen molar-refractivity contribution in [3.8, 4) is 5.75 Å². The van der Waals surface area contributed by atoms with Gasteiger partial charge >= 0.3 is 5.97 Å². The number of carbonyl (C=O) groups is 1. The second-order valence-electron chi connectivity index (χ2n) is 9.49. The van der Waals surface area contributed by atoms with E-state index < -0.39 is 5.97 Å². The highest BCUT2D eigenvalue weighted by atomic mass is 16.5. The Kier molecular flexibility index (Phi) is 6.13. The summed E-state index contributed by atoms with van der Waals surface area (Å²) in [7, 11) is 1.75. The smallest absolute Gasteiger partial charge is 0.335 e. The number of aromatic amines is 1. The lowest BCUT2D eigenvalue weighted by Gasteiger charge is -2.44. The molecule has 1 aliphatic carbocycles. The van der Waals surface area contributed by atoms with E-state index >= 15 is 0 Å². The van der Waals surface area contributed by atoms with E-state index in [0.29, 0.717) is 11.6 Å². The number of piperazine rings is 1. The Balaban J connectivity index is 1.48. The Morgan fingerprint density at radius 1 is 1.15 bits per heavy atom. The summed E-state index contributed by atoms with van der Waals surface area (Å²) in [5.74, 6) is 0.0478. The van der Waals surface area contributed by atoms with Crippen molar-refractivity contribution in [3.05, 3.63) is 64.8 Å². The number of methoxy groups -OCH3 is 1. The van der Waals surface area contributed by atoms with E-state index in [1.807, 2.05) is 18.3 Å². The van der Waals surface area contributed by atoms with Crippen LogP contribution < -0.4 is 4.74 Å². The summed E-state index contributed by atoms with van der Waals surface area (Å²) in [6, 6.07) is 12.6. The van der Waals surface area contributed by atoms with Crippen molar-refractivity contribution < 1.29 is 14.6 Å². The zero-order valence-corrected chi connectivity index (χ0v) is 19.5. The van der Waals surface area contributed by atoms with Gasteiger partial charge in [0.15, 0.2) is 0 Å². The number of aromatic nitrogens is 1. The number of benzene rings is 2. The van der Waals surface area contributed by atoms with Crippen molar-refractivity contribution in [1.82, 2.24) is 14.8 Å². The molecule has 2 N–H and O–H groups in total. The highest BCUT2D eigenvalue weighted by molar-refractivity contribution is 5.88. The molecule has 3 aromatic rings. The fourth-order valence-corrected chi connectivity index (χ4v) is 5.78. The standard InChI is InChI=1S/C27H33N3O3/c1-18-15-25(33-2)23(22-11-12-28-26(18)22)16-30-14-13-29(21-5-3-4-6-21)17-24(30)19-7-9-20(10-8-19)27(31)32/h7-12,15,21,24,28H,3-6,13-14,16-17H2,1-2H3,(H,31,32). The van der Waals surface area contributed by atoms with Crippen molar-refractivity contribution in [1.29, 1.82) is 0 Å². The molecule has 2 heterocycles. The summed E-state index contributed by atoms with van der Waals surface area (Å²) in [5, 5.41) is 10.6. The maximum Gasteiger partial charge on any atom is 0.335 e. The zero-order valence-electron chi connectivity index (χ0n) is 19.5. The number of nitrogens with one attached hydrogen (secondary N) is 1. The predicted molar refractivity (Wildman–Crippen MR) is 130 cm³/mol. The van der Waals surface area contributed by atoms with Gasteiger partial charge in [-0.2, -0.15) is 0 Å². The molecule has 0 spiro atoms. The average Bonchev–Trinajstić information content (AvgIpc) is 3.54. The van der Waals surface area contributed by atoms with Crippen LogP contribution in [0.5, 0.6) is 5.75 Å². The number of rotatable bonds is 6. The SMILES string of the molecule is COc1cc(C)c2[nH]ccc2c1CN1CCN(C2CCCC2)CC1c1ccc(C(=O)O)cc1. The van der Waals surface area contributed by atoms with Crippen LogP contribution in [0, 0.1) is 6.92 Å². The fourth-order valence-electron chi connectivity index (χ4n) is 5.78. The maximum absolute atomic E-state index is 11.4. The Bertz CT molecular complexity index is 1130. The lowest BCUT2D eigenvalue weighted by Crippen LogP contribution is -2.51. The lowest BCUT2D eigenvalue weighted by atomic mass is 9.97. The highest BCUT2D eigenvalue weighted by Gasteiger charge is 2.33. The van der Waals surface area contributed by atoms with Crippen molar-refractivity contribution >= 4 is 16.9 Å². The van der Waals surface area contributed by atoms with Gasteiger partial charge in [0.1, 0.15) is 5.75 Å². The molecule has 6 heteroatoms. The molecule has 1 atom stereocenters. The highest BCUT2D eigenvalue weighted by Crippen LogP contribution is 2.36. The molecule has 0 amide bonds. The Morgan fingerprint density at radius 2 is 1.91 bits per heavy atom. The van der Waals surface area contributed by atoms with Gasteiger partial charge in [-0.3, -0.25) is 9.80 Å². The second-order valence-corrected chi connectivity index (χ2v) is 9.49. The maximum atomic E-state index is 11.4. The Morgan fingerprint density at radius 3 is 2.61 bits per heavy atom. The van der Waals surface area contributed by atoms with E-state index in [9.17, 15) is 9.90 Å². The minimum Gasteiger partial charge on any atom is -0.496 e. The third-order valence-corrected chi connectivity index (χ3v) is 7.60. The van der Waals surface area contributed by atoms with E-state index in [1.165, 1.54) is 47.8 Å². The third kappa shape index (κ3) is 4.25. The molecule has 1 saturated carbocycles. The first kappa shape index (κ1) is 22.0. The summed E-state index contributed by atoms with van der Waals surface area (Å²) in [6.07, 6.45) is 7.24. The van der Waals surface area contributed by atoms with Crippen LogP contribution in [-0.4, -0.2) is 58.6 Å². The summed E-state index contributed by atoms with van der Waals surface area (Å²) < 4.78 is 5.81. The quantitative estimate of drug-likeness (QED) is 0.558. The van der Waals surface area contributed by atoms with Gasteiger partial charge in [0.25, 0.3) is 0 Å². The number of aromatic carboxylic acids is 1. The second kappa shape index (κ2) is 9.20. The Labute approximate surface area is 195 Å². The normalized spacial score (nSPS) is 20.5. The summed E-state index contributed by atoms with van der Waals surface area (Å²) in [4.78, 5) is 20.0. The van der Waals surface area contributed by atoms with E-state index in [1.54, 1.807) is 19.2 Å². The number of hydrogen-bond donors (Lipinski definition) is 2. The molecular formula is C27H33N3O3. The Hall–Kier alpha value is -2.83. The predicted octanol–water partition coefficient (Wildman–Crippen LogP) is 4.98. The lowest BCUT2D eigenvalue weighted by molar-refractivity contribution is 0.0432. The molecule has 174 valence electrons. The molecule has 1 saturated heterocycles. The third-order valence-electron chi connectivity index (χ3n) is 7.60. The number of H-pyrrole nitrogens is 1. The number of ether oxygens (including phenoxy) is 1. The molecule has 0 bridgehead atoms. The molecule has 2 fully saturated rings. The van der Waals surface area contributed by atoms with Crippen molar-refractivity contribution in [2.45, 2.75) is 51.2 Å². The summed E-state index contributed by atoms with van der Waals surface area (Å²) in [5.41, 5.74) is 5.07. The zero-order chi connectivity index (χ0) is 22.9. The van der Waals surface area contributed by atoms with Gasteiger partial charge in [-0.05, 0) is 55.2 Å². The fraction of sp³-hybridized carbons (Fsp3) is 0.444. The number of hydrogen-bond acceptors (Lipinski definition) is 4. The van der Waals surface area contributed by atoms with E-state index in [0.717, 1.165) is 37.4 Å². The molecule has 2 aliphatic rings. The van der Waals surface area contributed by atoms with Gasteiger partial charge in [-0.15, -0.1) is 0 Å².